The van der Waals surface area contributed by atoms with Gasteiger partial charge in [0.2, 0.25) is 0 Å². The first-order chi connectivity index (χ1) is 9.51. The van der Waals surface area contributed by atoms with E-state index in [-0.39, 0.29) is 5.56 Å². The molecule has 2 rings (SSSR count). The van der Waals surface area contributed by atoms with E-state index in [1.807, 2.05) is 31.3 Å². The molecule has 1 aromatic heterocycles. The minimum atomic E-state index is -0.443. The number of hydrogen-bond donors (Lipinski definition) is 2. The van der Waals surface area contributed by atoms with Gasteiger partial charge in [-0.2, -0.15) is 0 Å². The first-order valence-corrected chi connectivity index (χ1v) is 6.40. The zero-order valence-electron chi connectivity index (χ0n) is 11.8. The Hall–Kier alpha value is -2.50. The normalized spacial score (nSPS) is 10.3. The van der Waals surface area contributed by atoms with Gasteiger partial charge >= 0.3 is 5.69 Å². The van der Waals surface area contributed by atoms with Gasteiger partial charge in [-0.25, -0.2) is 4.79 Å². The Morgan fingerprint density at radius 3 is 2.70 bits per heavy atom. The molecule has 0 saturated carbocycles. The number of hydrogen-bond acceptors (Lipinski definition) is 4. The predicted molar refractivity (Wildman–Crippen MR) is 81.0 cm³/mol. The van der Waals surface area contributed by atoms with Gasteiger partial charge in [0.25, 0.3) is 5.56 Å². The van der Waals surface area contributed by atoms with Crippen molar-refractivity contribution in [3.05, 3.63) is 51.2 Å². The third kappa shape index (κ3) is 2.90. The van der Waals surface area contributed by atoms with E-state index in [0.29, 0.717) is 5.82 Å². The van der Waals surface area contributed by atoms with E-state index in [2.05, 4.69) is 22.1 Å². The molecule has 0 radical (unpaired) electrons. The molecule has 0 aliphatic carbocycles. The molecule has 1 heterocycles. The summed E-state index contributed by atoms with van der Waals surface area (Å²) in [6, 6.07) is 9.12. The molecule has 0 spiro atoms. The number of nitrogens with zero attached hydrogens (tertiary/aromatic N) is 2. The number of nitrogens with one attached hydrogen (secondary N) is 2. The summed E-state index contributed by atoms with van der Waals surface area (Å²) in [7, 11) is 3.43. The van der Waals surface area contributed by atoms with Crippen LogP contribution in [0.25, 0.3) is 0 Å². The summed E-state index contributed by atoms with van der Waals surface area (Å²) in [6.07, 6.45) is 0. The van der Waals surface area contributed by atoms with Crippen molar-refractivity contribution in [2.75, 3.05) is 23.8 Å². The summed E-state index contributed by atoms with van der Waals surface area (Å²) in [5.41, 5.74) is 1.08. The third-order valence-electron chi connectivity index (χ3n) is 3.18. The molecule has 0 amide bonds. The monoisotopic (exact) mass is 274 g/mol. The van der Waals surface area contributed by atoms with Crippen LogP contribution in [0.2, 0.25) is 0 Å². The number of benzene rings is 1. The van der Waals surface area contributed by atoms with Crippen LogP contribution in [0.5, 0.6) is 0 Å². The molecule has 2 aromatic rings. The molecule has 2 N–H and O–H groups in total. The summed E-state index contributed by atoms with van der Waals surface area (Å²) in [4.78, 5) is 27.8. The van der Waals surface area contributed by atoms with Crippen LogP contribution in [0.4, 0.5) is 17.2 Å². The molecule has 6 heteroatoms. The molecule has 0 atom stereocenters. The van der Waals surface area contributed by atoms with Gasteiger partial charge in [0, 0.05) is 38.1 Å². The van der Waals surface area contributed by atoms with E-state index in [1.165, 1.54) is 13.1 Å². The lowest BCUT2D eigenvalue weighted by molar-refractivity contribution is 0.778. The number of rotatable bonds is 4. The van der Waals surface area contributed by atoms with E-state index in [9.17, 15) is 9.59 Å². The van der Waals surface area contributed by atoms with E-state index in [4.69, 9.17) is 0 Å². The van der Waals surface area contributed by atoms with Crippen LogP contribution in [-0.2, 0) is 7.05 Å². The van der Waals surface area contributed by atoms with E-state index in [0.717, 1.165) is 22.5 Å². The standard InChI is InChI=1S/C14H18N4O2/c1-4-17(2)11-7-5-6-10(8-11)15-12-9-13(19)18(3)14(20)16-12/h5-9,15H,4H2,1-3H3,(H,16,20). The highest BCUT2D eigenvalue weighted by Crippen LogP contribution is 2.20. The fraction of sp³-hybridized carbons (Fsp3) is 0.286. The van der Waals surface area contributed by atoms with Crippen LogP contribution in [0.15, 0.2) is 39.9 Å². The molecule has 20 heavy (non-hydrogen) atoms. The maximum absolute atomic E-state index is 11.6. The number of H-pyrrole nitrogens is 1. The first-order valence-electron chi connectivity index (χ1n) is 6.40. The first kappa shape index (κ1) is 13.9. The van der Waals surface area contributed by atoms with E-state index >= 15 is 0 Å². The maximum atomic E-state index is 11.6. The average molecular weight is 274 g/mol. The zero-order valence-corrected chi connectivity index (χ0v) is 11.8. The molecule has 0 bridgehead atoms. The summed E-state index contributed by atoms with van der Waals surface area (Å²) in [5.74, 6) is 0.384. The van der Waals surface area contributed by atoms with E-state index in [1.54, 1.807) is 0 Å². The highest BCUT2D eigenvalue weighted by Gasteiger charge is 2.03. The Morgan fingerprint density at radius 1 is 1.30 bits per heavy atom. The van der Waals surface area contributed by atoms with Crippen molar-refractivity contribution >= 4 is 17.2 Å². The topological polar surface area (TPSA) is 70.1 Å². The van der Waals surface area contributed by atoms with Gasteiger partial charge in [-0.1, -0.05) is 6.07 Å². The maximum Gasteiger partial charge on any atom is 0.329 e. The quantitative estimate of drug-likeness (QED) is 0.881. The van der Waals surface area contributed by atoms with Gasteiger partial charge in [0.05, 0.1) is 0 Å². The van der Waals surface area contributed by atoms with Crippen LogP contribution in [0.1, 0.15) is 6.92 Å². The van der Waals surface area contributed by atoms with Crippen molar-refractivity contribution in [2.45, 2.75) is 6.92 Å². The van der Waals surface area contributed by atoms with Gasteiger partial charge in [0.1, 0.15) is 5.82 Å². The molecule has 1 aromatic carbocycles. The van der Waals surface area contributed by atoms with Gasteiger partial charge in [0.15, 0.2) is 0 Å². The smallest absolute Gasteiger partial charge is 0.329 e. The van der Waals surface area contributed by atoms with Crippen molar-refractivity contribution in [1.29, 1.82) is 0 Å². The Morgan fingerprint density at radius 2 is 2.05 bits per heavy atom. The predicted octanol–water partition coefficient (Wildman–Crippen LogP) is 1.27. The highest BCUT2D eigenvalue weighted by molar-refractivity contribution is 5.62. The molecule has 0 unspecified atom stereocenters. The minimum Gasteiger partial charge on any atom is -0.375 e. The molecular formula is C14H18N4O2. The summed E-state index contributed by atoms with van der Waals surface area (Å²) >= 11 is 0. The Labute approximate surface area is 116 Å². The Bertz CT molecular complexity index is 686. The van der Waals surface area contributed by atoms with Crippen LogP contribution in [-0.4, -0.2) is 23.1 Å². The molecular weight excluding hydrogens is 256 g/mol. The highest BCUT2D eigenvalue weighted by atomic mass is 16.2. The molecule has 0 aliphatic heterocycles. The average Bonchev–Trinajstić information content (AvgIpc) is 2.44. The zero-order chi connectivity index (χ0) is 14.7. The Balaban J connectivity index is 2.31. The van der Waals surface area contributed by atoms with Gasteiger partial charge in [-0.15, -0.1) is 0 Å². The second-order valence-corrected chi connectivity index (χ2v) is 4.57. The Kier molecular flexibility index (Phi) is 3.93. The second kappa shape index (κ2) is 5.64. The molecule has 0 fully saturated rings. The number of aromatic amines is 1. The minimum absolute atomic E-state index is 0.349. The van der Waals surface area contributed by atoms with Crippen LogP contribution < -0.4 is 21.5 Å². The molecule has 106 valence electrons. The van der Waals surface area contributed by atoms with Crippen LogP contribution in [0, 0.1) is 0 Å². The second-order valence-electron chi connectivity index (χ2n) is 4.57. The largest absolute Gasteiger partial charge is 0.375 e. The lowest BCUT2D eigenvalue weighted by Crippen LogP contribution is -2.32. The fourth-order valence-corrected chi connectivity index (χ4v) is 1.78. The van der Waals surface area contributed by atoms with Crippen molar-refractivity contribution in [2.24, 2.45) is 7.05 Å². The van der Waals surface area contributed by atoms with Crippen molar-refractivity contribution in [1.82, 2.24) is 9.55 Å². The van der Waals surface area contributed by atoms with Crippen molar-refractivity contribution < 1.29 is 0 Å². The van der Waals surface area contributed by atoms with Crippen molar-refractivity contribution in [3.8, 4) is 0 Å². The van der Waals surface area contributed by atoms with Gasteiger partial charge in [-0.3, -0.25) is 14.3 Å². The SMILES string of the molecule is CCN(C)c1cccc(Nc2cc(=O)n(C)c(=O)[nH]2)c1. The summed E-state index contributed by atoms with van der Waals surface area (Å²) in [5, 5.41) is 3.04. The van der Waals surface area contributed by atoms with Crippen molar-refractivity contribution in [3.63, 3.8) is 0 Å². The van der Waals surface area contributed by atoms with Crippen LogP contribution >= 0.6 is 0 Å². The number of aromatic nitrogens is 2. The fourth-order valence-electron chi connectivity index (χ4n) is 1.78. The number of anilines is 3. The van der Waals surface area contributed by atoms with Gasteiger partial charge < -0.3 is 10.2 Å². The molecule has 0 saturated heterocycles. The summed E-state index contributed by atoms with van der Waals surface area (Å²) in [6.45, 7) is 2.96. The van der Waals surface area contributed by atoms with Crippen LogP contribution in [0.3, 0.4) is 0 Å². The lowest BCUT2D eigenvalue weighted by atomic mass is 10.2. The lowest BCUT2D eigenvalue weighted by Gasteiger charge is -2.17. The van der Waals surface area contributed by atoms with Gasteiger partial charge in [-0.05, 0) is 25.1 Å². The molecule has 0 aliphatic rings. The van der Waals surface area contributed by atoms with E-state index < -0.39 is 5.69 Å². The molecule has 6 nitrogen and oxygen atoms in total. The summed E-state index contributed by atoms with van der Waals surface area (Å²) < 4.78 is 1.02. The third-order valence-corrected chi connectivity index (χ3v) is 3.18.